The van der Waals surface area contributed by atoms with Gasteiger partial charge in [0, 0.05) is 0 Å². The molecule has 0 rings (SSSR count). The number of hydrogen-bond donors (Lipinski definition) is 0. The van der Waals surface area contributed by atoms with E-state index in [-0.39, 0.29) is 0 Å². The summed E-state index contributed by atoms with van der Waals surface area (Å²) in [5, 5.41) is 4.59. The summed E-state index contributed by atoms with van der Waals surface area (Å²) in [6.45, 7) is 15.3. The second kappa shape index (κ2) is 4.36. The molecule has 0 aromatic carbocycles. The molecular formula is C11H20SSi. The smallest absolute Gasteiger partial charge is 0.0922 e. The van der Waals surface area contributed by atoms with Crippen LogP contribution in [0.1, 0.15) is 27.2 Å². The van der Waals surface area contributed by atoms with E-state index in [0.717, 1.165) is 6.42 Å². The molecule has 0 aromatic rings. The predicted molar refractivity (Wildman–Crippen MR) is 68.1 cm³/mol. The van der Waals surface area contributed by atoms with Gasteiger partial charge in [-0.2, -0.15) is 0 Å². The highest BCUT2D eigenvalue weighted by molar-refractivity contribution is 7.78. The average Bonchev–Trinajstić information content (AvgIpc) is 1.97. The summed E-state index contributed by atoms with van der Waals surface area (Å²) in [5.41, 5.74) is 0. The summed E-state index contributed by atoms with van der Waals surface area (Å²) in [5.74, 6) is 0. The minimum Gasteiger partial charge on any atom is -0.103 e. The number of rotatable bonds is 3. The zero-order valence-electron chi connectivity index (χ0n) is 9.40. The molecule has 0 saturated carbocycles. The van der Waals surface area contributed by atoms with Crippen LogP contribution in [-0.2, 0) is 0 Å². The van der Waals surface area contributed by atoms with Crippen LogP contribution >= 0.6 is 12.2 Å². The molecule has 2 heteroatoms. The molecule has 13 heavy (non-hydrogen) atoms. The average molecular weight is 212 g/mol. The van der Waals surface area contributed by atoms with Crippen LogP contribution in [0.5, 0.6) is 0 Å². The third kappa shape index (κ3) is 2.91. The predicted octanol–water partition coefficient (Wildman–Crippen LogP) is 4.14. The Kier molecular flexibility index (Phi) is 4.30. The van der Waals surface area contributed by atoms with Crippen molar-refractivity contribution in [3.05, 3.63) is 17.9 Å². The number of allylic oxidation sites excluding steroid dienone is 2. The molecule has 0 aliphatic carbocycles. The van der Waals surface area contributed by atoms with Crippen LogP contribution in [0, 0.1) is 0 Å². The summed E-state index contributed by atoms with van der Waals surface area (Å²) in [4.78, 5) is 0. The zero-order valence-corrected chi connectivity index (χ0v) is 11.2. The van der Waals surface area contributed by atoms with Gasteiger partial charge in [0.1, 0.15) is 0 Å². The first-order valence-electron chi connectivity index (χ1n) is 4.62. The summed E-state index contributed by atoms with van der Waals surface area (Å²) < 4.78 is 0. The highest BCUT2D eigenvalue weighted by atomic mass is 32.1. The molecule has 0 aliphatic rings. The Bertz CT molecular complexity index is 239. The van der Waals surface area contributed by atoms with Crippen molar-refractivity contribution in [2.45, 2.75) is 45.3 Å². The maximum atomic E-state index is 4.96. The molecule has 0 nitrogen and oxygen atoms in total. The van der Waals surface area contributed by atoms with Gasteiger partial charge >= 0.3 is 0 Å². The van der Waals surface area contributed by atoms with Crippen molar-refractivity contribution in [3.63, 3.8) is 0 Å². The van der Waals surface area contributed by atoms with Gasteiger partial charge in [0.25, 0.3) is 0 Å². The van der Waals surface area contributed by atoms with E-state index in [9.17, 15) is 0 Å². The summed E-state index contributed by atoms with van der Waals surface area (Å²) >= 11 is 4.96. The van der Waals surface area contributed by atoms with E-state index >= 15 is 0 Å². The summed E-state index contributed by atoms with van der Waals surface area (Å²) in [7, 11) is -1.43. The van der Waals surface area contributed by atoms with Gasteiger partial charge in [-0.25, -0.2) is 0 Å². The normalized spacial score (nSPS) is 12.1. The Morgan fingerprint density at radius 2 is 1.92 bits per heavy atom. The highest BCUT2D eigenvalue weighted by Crippen LogP contribution is 2.40. The van der Waals surface area contributed by atoms with Crippen LogP contribution in [0.15, 0.2) is 17.9 Å². The van der Waals surface area contributed by atoms with Crippen LogP contribution < -0.4 is 0 Å². The molecule has 0 atom stereocenters. The first kappa shape index (κ1) is 12.8. The van der Waals surface area contributed by atoms with Gasteiger partial charge in [-0.15, -0.1) is 6.58 Å². The SMILES string of the molecule is C=CCC(=C=S)[Si](C)(C)C(C)(C)C. The van der Waals surface area contributed by atoms with Crippen molar-refractivity contribution >= 4 is 25.3 Å². The maximum absolute atomic E-state index is 4.96. The Balaban J connectivity index is 5.01. The third-order valence-corrected chi connectivity index (χ3v) is 9.12. The van der Waals surface area contributed by atoms with Crippen molar-refractivity contribution < 1.29 is 0 Å². The van der Waals surface area contributed by atoms with Gasteiger partial charge in [0.15, 0.2) is 0 Å². The Morgan fingerprint density at radius 1 is 1.46 bits per heavy atom. The van der Waals surface area contributed by atoms with Crippen LogP contribution in [0.2, 0.25) is 18.1 Å². The molecule has 0 fully saturated rings. The van der Waals surface area contributed by atoms with Gasteiger partial charge in [0.05, 0.1) is 8.07 Å². The topological polar surface area (TPSA) is 0 Å². The highest BCUT2D eigenvalue weighted by Gasteiger charge is 2.38. The Hall–Kier alpha value is -0.173. The Labute approximate surface area is 88.7 Å². The molecule has 0 saturated heterocycles. The summed E-state index contributed by atoms with van der Waals surface area (Å²) in [6.07, 6.45) is 2.83. The van der Waals surface area contributed by atoms with Crippen molar-refractivity contribution in [2.24, 2.45) is 0 Å². The van der Waals surface area contributed by atoms with E-state index in [4.69, 9.17) is 12.2 Å². The van der Waals surface area contributed by atoms with E-state index < -0.39 is 8.07 Å². The molecule has 74 valence electrons. The molecule has 0 heterocycles. The van der Waals surface area contributed by atoms with E-state index in [1.165, 1.54) is 5.20 Å². The molecule has 0 unspecified atom stereocenters. The van der Waals surface area contributed by atoms with E-state index in [2.05, 4.69) is 45.5 Å². The fourth-order valence-electron chi connectivity index (χ4n) is 1.02. The summed E-state index contributed by atoms with van der Waals surface area (Å²) in [6, 6.07) is 0. The van der Waals surface area contributed by atoms with Crippen LogP contribution in [0.4, 0.5) is 0 Å². The van der Waals surface area contributed by atoms with Gasteiger partial charge < -0.3 is 0 Å². The minimum absolute atomic E-state index is 0.344. The number of thiocarbonyl (C=S) groups is 1. The van der Waals surface area contributed by atoms with Gasteiger partial charge in [-0.05, 0) is 28.9 Å². The molecule has 0 aliphatic heterocycles. The monoisotopic (exact) mass is 212 g/mol. The van der Waals surface area contributed by atoms with Crippen molar-refractivity contribution in [2.75, 3.05) is 0 Å². The molecule has 0 N–H and O–H groups in total. The van der Waals surface area contributed by atoms with Gasteiger partial charge in [-0.1, -0.05) is 45.0 Å². The van der Waals surface area contributed by atoms with Crippen molar-refractivity contribution in [3.8, 4) is 0 Å². The molecule has 0 aromatic heterocycles. The van der Waals surface area contributed by atoms with Gasteiger partial charge in [0.2, 0.25) is 0 Å². The molecule has 0 bridgehead atoms. The van der Waals surface area contributed by atoms with Crippen LogP contribution in [0.3, 0.4) is 0 Å². The van der Waals surface area contributed by atoms with Crippen molar-refractivity contribution in [1.82, 2.24) is 0 Å². The second-order valence-electron chi connectivity index (χ2n) is 4.95. The largest absolute Gasteiger partial charge is 0.103 e. The molecule has 0 spiro atoms. The van der Waals surface area contributed by atoms with Crippen LogP contribution in [0.25, 0.3) is 0 Å². The fourth-order valence-corrected chi connectivity index (χ4v) is 3.69. The van der Waals surface area contributed by atoms with Crippen molar-refractivity contribution in [1.29, 1.82) is 0 Å². The lowest BCUT2D eigenvalue weighted by Gasteiger charge is -2.37. The lowest BCUT2D eigenvalue weighted by atomic mass is 10.2. The molecule has 0 radical (unpaired) electrons. The lowest BCUT2D eigenvalue weighted by Crippen LogP contribution is -2.39. The maximum Gasteiger partial charge on any atom is 0.0922 e. The molecular weight excluding hydrogens is 192 g/mol. The van der Waals surface area contributed by atoms with E-state index in [0.29, 0.717) is 5.04 Å². The quantitative estimate of drug-likeness (QED) is 0.385. The van der Waals surface area contributed by atoms with Crippen LogP contribution in [-0.4, -0.2) is 13.1 Å². The van der Waals surface area contributed by atoms with E-state index in [1.54, 1.807) is 0 Å². The standard InChI is InChI=1S/C11H20SSi/c1-7-8-10(9-12)13(5,6)11(2,3)4/h7H,1,8H2,2-6H3. The van der Waals surface area contributed by atoms with E-state index in [1.807, 2.05) is 6.08 Å². The number of hydrogen-bond acceptors (Lipinski definition) is 1. The Morgan fingerprint density at radius 3 is 2.15 bits per heavy atom. The molecule has 0 amide bonds. The van der Waals surface area contributed by atoms with Gasteiger partial charge in [-0.3, -0.25) is 0 Å². The first-order chi connectivity index (χ1) is 5.77. The minimum atomic E-state index is -1.43. The lowest BCUT2D eigenvalue weighted by molar-refractivity contribution is 0.724. The fraction of sp³-hybridized carbons (Fsp3) is 0.636. The zero-order chi connectivity index (χ0) is 10.7. The third-order valence-electron chi connectivity index (χ3n) is 3.10. The first-order valence-corrected chi connectivity index (χ1v) is 8.03. The second-order valence-corrected chi connectivity index (χ2v) is 10.5.